The van der Waals surface area contributed by atoms with Crippen molar-refractivity contribution in [2.24, 2.45) is 11.7 Å². The molecule has 3 rings (SSSR count). The quantitative estimate of drug-likeness (QED) is 0.851. The van der Waals surface area contributed by atoms with Crippen molar-refractivity contribution in [3.63, 3.8) is 0 Å². The van der Waals surface area contributed by atoms with Gasteiger partial charge in [-0.25, -0.2) is 9.97 Å². The van der Waals surface area contributed by atoms with Gasteiger partial charge in [-0.3, -0.25) is 9.59 Å². The fraction of sp³-hybridized carbons (Fsp3) is 0.500. The van der Waals surface area contributed by atoms with Crippen LogP contribution in [0.5, 0.6) is 0 Å². The van der Waals surface area contributed by atoms with Crippen molar-refractivity contribution in [1.82, 2.24) is 14.9 Å². The van der Waals surface area contributed by atoms with Gasteiger partial charge in [0.25, 0.3) is 0 Å². The van der Waals surface area contributed by atoms with Gasteiger partial charge in [0.05, 0.1) is 11.9 Å². The van der Waals surface area contributed by atoms with Crippen LogP contribution in [0.1, 0.15) is 24.6 Å². The smallest absolute Gasteiger partial charge is 0.241 e. The maximum atomic E-state index is 12.4. The number of aromatic nitrogens is 2. The molecule has 1 fully saturated rings. The zero-order valence-electron chi connectivity index (χ0n) is 13.6. The molecule has 0 unspecified atom stereocenters. The molecular formula is C16H21N5O2S. The fourth-order valence-electron chi connectivity index (χ4n) is 2.91. The van der Waals surface area contributed by atoms with Crippen LogP contribution in [0.2, 0.25) is 0 Å². The molecule has 24 heavy (non-hydrogen) atoms. The minimum absolute atomic E-state index is 0.00984. The Hall–Kier alpha value is -2.22. The molecule has 128 valence electrons. The number of carbonyl (C=O) groups is 2. The molecule has 2 aromatic heterocycles. The maximum Gasteiger partial charge on any atom is 0.241 e. The highest BCUT2D eigenvalue weighted by Crippen LogP contribution is 2.28. The molecule has 0 radical (unpaired) electrons. The number of hydrogen-bond acceptors (Lipinski definition) is 6. The van der Waals surface area contributed by atoms with Crippen LogP contribution in [-0.4, -0.2) is 46.3 Å². The summed E-state index contributed by atoms with van der Waals surface area (Å²) >= 11 is 1.65. The molecule has 1 aliphatic heterocycles. The van der Waals surface area contributed by atoms with Crippen LogP contribution in [0.4, 0.5) is 5.82 Å². The van der Waals surface area contributed by atoms with Crippen LogP contribution in [0.15, 0.2) is 12.4 Å². The number of thiophene rings is 1. The molecule has 3 N–H and O–H groups in total. The summed E-state index contributed by atoms with van der Waals surface area (Å²) in [6.07, 6.45) is 3.75. The molecular weight excluding hydrogens is 326 g/mol. The number of rotatable bonds is 5. The van der Waals surface area contributed by atoms with Crippen LogP contribution in [-0.2, 0) is 16.0 Å². The van der Waals surface area contributed by atoms with Crippen molar-refractivity contribution in [1.29, 1.82) is 0 Å². The standard InChI is InChI=1S/C16H21N5O2S/c1-2-11-7-12-15(19-9-20-16(12)24-11)18-8-13(22)21-5-3-10(4-6-21)14(17)23/h7,9-10H,2-6,8H2,1H3,(H2,17,23)(H,18,19,20). The van der Waals surface area contributed by atoms with E-state index < -0.39 is 0 Å². The zero-order valence-corrected chi connectivity index (χ0v) is 14.4. The van der Waals surface area contributed by atoms with E-state index in [0.29, 0.717) is 31.7 Å². The first kappa shape index (κ1) is 16.6. The summed E-state index contributed by atoms with van der Waals surface area (Å²) in [7, 11) is 0. The molecule has 0 saturated carbocycles. The number of primary amides is 1. The van der Waals surface area contributed by atoms with E-state index in [0.717, 1.165) is 16.6 Å². The summed E-state index contributed by atoms with van der Waals surface area (Å²) < 4.78 is 0. The Morgan fingerprint density at radius 2 is 2.12 bits per heavy atom. The SMILES string of the molecule is CCc1cc2c(NCC(=O)N3CCC(C(N)=O)CC3)ncnc2s1. The van der Waals surface area contributed by atoms with Crippen molar-refractivity contribution in [3.8, 4) is 0 Å². The minimum Gasteiger partial charge on any atom is -0.369 e. The Morgan fingerprint density at radius 1 is 1.38 bits per heavy atom. The fourth-order valence-corrected chi connectivity index (χ4v) is 3.84. The number of fused-ring (bicyclic) bond motifs is 1. The normalized spacial score (nSPS) is 15.6. The number of amides is 2. The summed E-state index contributed by atoms with van der Waals surface area (Å²) in [5, 5.41) is 4.09. The summed E-state index contributed by atoms with van der Waals surface area (Å²) in [6.45, 7) is 3.44. The van der Waals surface area contributed by atoms with Crippen molar-refractivity contribution in [2.75, 3.05) is 25.0 Å². The lowest BCUT2D eigenvalue weighted by Gasteiger charge is -2.30. The number of carbonyl (C=O) groups excluding carboxylic acids is 2. The van der Waals surface area contributed by atoms with Gasteiger partial charge < -0.3 is 16.0 Å². The average molecular weight is 347 g/mol. The summed E-state index contributed by atoms with van der Waals surface area (Å²) in [6, 6.07) is 2.07. The van der Waals surface area contributed by atoms with E-state index in [4.69, 9.17) is 5.73 Å². The van der Waals surface area contributed by atoms with E-state index >= 15 is 0 Å². The van der Waals surface area contributed by atoms with Gasteiger partial charge in [-0.2, -0.15) is 0 Å². The number of nitrogens with one attached hydrogen (secondary N) is 1. The van der Waals surface area contributed by atoms with E-state index in [1.807, 2.05) is 0 Å². The third-order valence-corrected chi connectivity index (χ3v) is 5.57. The van der Waals surface area contributed by atoms with Crippen LogP contribution in [0, 0.1) is 5.92 Å². The number of piperidine rings is 1. The van der Waals surface area contributed by atoms with Gasteiger partial charge >= 0.3 is 0 Å². The highest BCUT2D eigenvalue weighted by molar-refractivity contribution is 7.18. The first-order valence-corrected chi connectivity index (χ1v) is 8.94. The van der Waals surface area contributed by atoms with Gasteiger partial charge in [0, 0.05) is 23.9 Å². The van der Waals surface area contributed by atoms with E-state index in [1.54, 1.807) is 16.2 Å². The molecule has 7 nitrogen and oxygen atoms in total. The Bertz CT molecular complexity index is 752. The highest BCUT2D eigenvalue weighted by atomic mass is 32.1. The average Bonchev–Trinajstić information content (AvgIpc) is 3.03. The molecule has 1 saturated heterocycles. The second-order valence-corrected chi connectivity index (χ2v) is 7.03. The topological polar surface area (TPSA) is 101 Å². The molecule has 0 spiro atoms. The number of nitrogens with two attached hydrogens (primary N) is 1. The van der Waals surface area contributed by atoms with Crippen molar-refractivity contribution in [2.45, 2.75) is 26.2 Å². The molecule has 2 amide bonds. The second-order valence-electron chi connectivity index (χ2n) is 5.92. The first-order valence-electron chi connectivity index (χ1n) is 8.13. The molecule has 2 aromatic rings. The van der Waals surface area contributed by atoms with E-state index in [-0.39, 0.29) is 24.3 Å². The summed E-state index contributed by atoms with van der Waals surface area (Å²) in [4.78, 5) is 36.0. The van der Waals surface area contributed by atoms with Crippen LogP contribution in [0.25, 0.3) is 10.2 Å². The summed E-state index contributed by atoms with van der Waals surface area (Å²) in [5.41, 5.74) is 5.32. The van der Waals surface area contributed by atoms with Gasteiger partial charge in [-0.05, 0) is 25.3 Å². The number of likely N-dealkylation sites (tertiary alicyclic amines) is 1. The second kappa shape index (κ2) is 7.12. The lowest BCUT2D eigenvalue weighted by Crippen LogP contribution is -2.43. The highest BCUT2D eigenvalue weighted by Gasteiger charge is 2.25. The molecule has 0 aromatic carbocycles. The molecule has 0 aliphatic carbocycles. The predicted octanol–water partition coefficient (Wildman–Crippen LogP) is 1.39. The maximum absolute atomic E-state index is 12.4. The molecule has 0 atom stereocenters. The number of hydrogen-bond donors (Lipinski definition) is 2. The first-order chi connectivity index (χ1) is 11.6. The van der Waals surface area contributed by atoms with Crippen molar-refractivity contribution in [3.05, 3.63) is 17.3 Å². The Balaban J connectivity index is 1.61. The van der Waals surface area contributed by atoms with Gasteiger partial charge in [0.2, 0.25) is 11.8 Å². The number of aryl methyl sites for hydroxylation is 1. The molecule has 3 heterocycles. The summed E-state index contributed by atoms with van der Waals surface area (Å²) in [5.74, 6) is 0.321. The third kappa shape index (κ3) is 3.48. The Kier molecular flexibility index (Phi) is 4.94. The number of nitrogens with zero attached hydrogens (tertiary/aromatic N) is 3. The molecule has 8 heteroatoms. The third-order valence-electron chi connectivity index (χ3n) is 4.39. The van der Waals surface area contributed by atoms with Crippen molar-refractivity contribution >= 4 is 39.2 Å². The van der Waals surface area contributed by atoms with Gasteiger partial charge in [0.1, 0.15) is 17.0 Å². The zero-order chi connectivity index (χ0) is 17.1. The van der Waals surface area contributed by atoms with E-state index in [9.17, 15) is 9.59 Å². The molecule has 1 aliphatic rings. The van der Waals surface area contributed by atoms with E-state index in [2.05, 4.69) is 28.3 Å². The Morgan fingerprint density at radius 3 is 2.79 bits per heavy atom. The van der Waals surface area contributed by atoms with Crippen molar-refractivity contribution < 1.29 is 9.59 Å². The van der Waals surface area contributed by atoms with Gasteiger partial charge in [-0.15, -0.1) is 11.3 Å². The lowest BCUT2D eigenvalue weighted by molar-refractivity contribution is -0.133. The molecule has 0 bridgehead atoms. The van der Waals surface area contributed by atoms with Crippen LogP contribution < -0.4 is 11.1 Å². The number of anilines is 1. The lowest BCUT2D eigenvalue weighted by atomic mass is 9.96. The minimum atomic E-state index is -0.271. The van der Waals surface area contributed by atoms with Gasteiger partial charge in [0.15, 0.2) is 0 Å². The predicted molar refractivity (Wildman–Crippen MR) is 93.8 cm³/mol. The largest absolute Gasteiger partial charge is 0.369 e. The van der Waals surface area contributed by atoms with Crippen LogP contribution in [0.3, 0.4) is 0 Å². The van der Waals surface area contributed by atoms with Gasteiger partial charge in [-0.1, -0.05) is 6.92 Å². The monoisotopic (exact) mass is 347 g/mol. The Labute approximate surface area is 144 Å². The van der Waals surface area contributed by atoms with E-state index in [1.165, 1.54) is 11.2 Å². The van der Waals surface area contributed by atoms with Crippen LogP contribution >= 0.6 is 11.3 Å².